The molecule has 0 amide bonds. The van der Waals surface area contributed by atoms with Crippen molar-refractivity contribution < 1.29 is 17.9 Å². The fourth-order valence-corrected chi connectivity index (χ4v) is 2.00. The highest BCUT2D eigenvalue weighted by Crippen LogP contribution is 2.25. The summed E-state index contributed by atoms with van der Waals surface area (Å²) in [4.78, 5) is 0. The van der Waals surface area contributed by atoms with E-state index in [1.54, 1.807) is 6.07 Å². The van der Waals surface area contributed by atoms with Gasteiger partial charge in [-0.1, -0.05) is 24.3 Å². The molecule has 0 saturated carbocycles. The van der Waals surface area contributed by atoms with E-state index in [4.69, 9.17) is 0 Å². The molecule has 112 valence electrons. The average Bonchev–Trinajstić information content (AvgIpc) is 2.39. The predicted octanol–water partition coefficient (Wildman–Crippen LogP) is 4.81. The van der Waals surface area contributed by atoms with E-state index < -0.39 is 6.36 Å². The number of aryl methyl sites for hydroxylation is 1. The zero-order valence-electron chi connectivity index (χ0n) is 11.8. The maximum Gasteiger partial charge on any atom is 0.573 e. The van der Waals surface area contributed by atoms with Crippen molar-refractivity contribution >= 4 is 5.69 Å². The van der Waals surface area contributed by atoms with Crippen molar-refractivity contribution in [3.63, 3.8) is 0 Å². The molecule has 0 fully saturated rings. The molecule has 0 spiro atoms. The number of hydrogen-bond donors (Lipinski definition) is 1. The maximum atomic E-state index is 12.2. The van der Waals surface area contributed by atoms with Crippen LogP contribution in [0.4, 0.5) is 18.9 Å². The highest BCUT2D eigenvalue weighted by molar-refractivity contribution is 5.49. The van der Waals surface area contributed by atoms with Gasteiger partial charge in [0.1, 0.15) is 5.75 Å². The second-order valence-electron chi connectivity index (χ2n) is 4.79. The van der Waals surface area contributed by atoms with Gasteiger partial charge < -0.3 is 10.1 Å². The van der Waals surface area contributed by atoms with E-state index in [2.05, 4.69) is 10.1 Å². The largest absolute Gasteiger partial charge is 0.573 e. The molecule has 2 rings (SSSR count). The third kappa shape index (κ3) is 4.41. The zero-order chi connectivity index (χ0) is 15.5. The lowest BCUT2D eigenvalue weighted by Crippen LogP contribution is -2.17. The zero-order valence-corrected chi connectivity index (χ0v) is 11.8. The summed E-state index contributed by atoms with van der Waals surface area (Å²) in [5.74, 6) is -0.228. The van der Waals surface area contributed by atoms with Crippen LogP contribution in [0.5, 0.6) is 5.75 Å². The molecule has 0 aliphatic rings. The quantitative estimate of drug-likeness (QED) is 0.873. The van der Waals surface area contributed by atoms with E-state index in [1.807, 2.05) is 32.0 Å². The Morgan fingerprint density at radius 1 is 1.05 bits per heavy atom. The summed E-state index contributed by atoms with van der Waals surface area (Å²) in [6, 6.07) is 11.8. The van der Waals surface area contributed by atoms with E-state index in [-0.39, 0.29) is 5.75 Å². The molecule has 0 radical (unpaired) electrons. The maximum absolute atomic E-state index is 12.2. The Kier molecular flexibility index (Phi) is 4.40. The highest BCUT2D eigenvalue weighted by atomic mass is 19.4. The van der Waals surface area contributed by atoms with Crippen LogP contribution in [0, 0.1) is 13.8 Å². The molecular formula is C16H16F3NO. The van der Waals surface area contributed by atoms with Crippen LogP contribution in [0.3, 0.4) is 0 Å². The first-order valence-electron chi connectivity index (χ1n) is 6.50. The van der Waals surface area contributed by atoms with Crippen molar-refractivity contribution in [2.24, 2.45) is 0 Å². The molecule has 21 heavy (non-hydrogen) atoms. The molecule has 2 nitrogen and oxygen atoms in total. The number of anilines is 1. The van der Waals surface area contributed by atoms with E-state index >= 15 is 0 Å². The third-order valence-electron chi connectivity index (χ3n) is 3.27. The number of halogens is 3. The molecule has 0 atom stereocenters. The molecule has 0 aliphatic heterocycles. The minimum absolute atomic E-state index is 0.228. The monoisotopic (exact) mass is 295 g/mol. The van der Waals surface area contributed by atoms with Gasteiger partial charge in [-0.05, 0) is 42.7 Å². The molecule has 5 heteroatoms. The first-order chi connectivity index (χ1) is 9.85. The fraction of sp³-hybridized carbons (Fsp3) is 0.250. The van der Waals surface area contributed by atoms with Gasteiger partial charge >= 0.3 is 6.36 Å². The molecule has 2 aromatic carbocycles. The number of nitrogens with one attached hydrogen (secondary N) is 1. The van der Waals surface area contributed by atoms with E-state index in [0.717, 1.165) is 5.56 Å². The Labute approximate surface area is 121 Å². The van der Waals surface area contributed by atoms with Crippen LogP contribution in [0.2, 0.25) is 0 Å². The molecule has 0 bridgehead atoms. The lowest BCUT2D eigenvalue weighted by atomic mass is 10.0. The second-order valence-corrected chi connectivity index (χ2v) is 4.79. The number of rotatable bonds is 4. The van der Waals surface area contributed by atoms with Gasteiger partial charge in [0.25, 0.3) is 0 Å². The van der Waals surface area contributed by atoms with Gasteiger partial charge in [0.15, 0.2) is 0 Å². The molecule has 0 saturated heterocycles. The second kappa shape index (κ2) is 6.08. The van der Waals surface area contributed by atoms with Crippen LogP contribution in [0.15, 0.2) is 42.5 Å². The Hall–Kier alpha value is -2.17. The smallest absolute Gasteiger partial charge is 0.406 e. The Bertz CT molecular complexity index is 623. The topological polar surface area (TPSA) is 21.3 Å². The van der Waals surface area contributed by atoms with Gasteiger partial charge in [-0.15, -0.1) is 13.2 Å². The number of ether oxygens (including phenoxy) is 1. The molecule has 0 aromatic heterocycles. The van der Waals surface area contributed by atoms with Gasteiger partial charge in [-0.3, -0.25) is 0 Å². The van der Waals surface area contributed by atoms with Crippen molar-refractivity contribution in [3.8, 4) is 5.75 Å². The van der Waals surface area contributed by atoms with Crippen LogP contribution in [-0.2, 0) is 6.54 Å². The Morgan fingerprint density at radius 3 is 2.48 bits per heavy atom. The first kappa shape index (κ1) is 15.2. The van der Waals surface area contributed by atoms with Crippen LogP contribution < -0.4 is 10.1 Å². The third-order valence-corrected chi connectivity index (χ3v) is 3.27. The van der Waals surface area contributed by atoms with Crippen LogP contribution in [-0.4, -0.2) is 6.36 Å². The fourth-order valence-electron chi connectivity index (χ4n) is 2.00. The lowest BCUT2D eigenvalue weighted by molar-refractivity contribution is -0.274. The van der Waals surface area contributed by atoms with Crippen molar-refractivity contribution in [2.45, 2.75) is 26.8 Å². The molecule has 0 aliphatic carbocycles. The lowest BCUT2D eigenvalue weighted by Gasteiger charge is -2.13. The average molecular weight is 295 g/mol. The molecule has 0 unspecified atom stereocenters. The number of benzene rings is 2. The Morgan fingerprint density at radius 2 is 1.76 bits per heavy atom. The van der Waals surface area contributed by atoms with Crippen LogP contribution in [0.1, 0.15) is 16.7 Å². The highest BCUT2D eigenvalue weighted by Gasteiger charge is 2.31. The normalized spacial score (nSPS) is 11.3. The number of alkyl halides is 3. The van der Waals surface area contributed by atoms with Crippen molar-refractivity contribution in [3.05, 3.63) is 59.2 Å². The van der Waals surface area contributed by atoms with Gasteiger partial charge in [-0.25, -0.2) is 0 Å². The summed E-state index contributed by atoms with van der Waals surface area (Å²) in [6.07, 6.45) is -4.67. The van der Waals surface area contributed by atoms with Gasteiger partial charge in [-0.2, -0.15) is 0 Å². The summed E-state index contributed by atoms with van der Waals surface area (Å²) in [5.41, 5.74) is 4.05. The minimum atomic E-state index is -4.67. The summed E-state index contributed by atoms with van der Waals surface area (Å²) in [7, 11) is 0. The molecule has 1 N–H and O–H groups in total. The summed E-state index contributed by atoms with van der Waals surface area (Å²) in [6.45, 7) is 4.59. The standard InChI is InChI=1S/C16H16F3NO/c1-11-5-3-6-13(12(11)2)10-20-14-7-4-8-15(9-14)21-16(17,18)19/h3-9,20H,10H2,1-2H3. The van der Waals surface area contributed by atoms with E-state index in [0.29, 0.717) is 12.2 Å². The van der Waals surface area contributed by atoms with Crippen LogP contribution >= 0.6 is 0 Å². The summed E-state index contributed by atoms with van der Waals surface area (Å²) >= 11 is 0. The van der Waals surface area contributed by atoms with Gasteiger partial charge in [0, 0.05) is 18.3 Å². The molecule has 0 heterocycles. The van der Waals surface area contributed by atoms with Crippen molar-refractivity contribution in [2.75, 3.05) is 5.32 Å². The minimum Gasteiger partial charge on any atom is -0.406 e. The van der Waals surface area contributed by atoms with Crippen molar-refractivity contribution in [1.82, 2.24) is 0 Å². The van der Waals surface area contributed by atoms with Crippen molar-refractivity contribution in [1.29, 1.82) is 0 Å². The van der Waals surface area contributed by atoms with Crippen LogP contribution in [0.25, 0.3) is 0 Å². The van der Waals surface area contributed by atoms with Gasteiger partial charge in [0.05, 0.1) is 0 Å². The molecular weight excluding hydrogens is 279 g/mol. The molecule has 2 aromatic rings. The van der Waals surface area contributed by atoms with E-state index in [1.165, 1.54) is 29.3 Å². The number of hydrogen-bond acceptors (Lipinski definition) is 2. The summed E-state index contributed by atoms with van der Waals surface area (Å²) < 4.78 is 40.4. The summed E-state index contributed by atoms with van der Waals surface area (Å²) in [5, 5.41) is 3.11. The van der Waals surface area contributed by atoms with Gasteiger partial charge in [0.2, 0.25) is 0 Å². The Balaban J connectivity index is 2.07. The predicted molar refractivity (Wildman–Crippen MR) is 76.4 cm³/mol. The first-order valence-corrected chi connectivity index (χ1v) is 6.50. The van der Waals surface area contributed by atoms with E-state index in [9.17, 15) is 13.2 Å². The SMILES string of the molecule is Cc1cccc(CNc2cccc(OC(F)(F)F)c2)c1C.